The number of hydrogen-bond donors (Lipinski definition) is 3. The molecule has 47 heavy (non-hydrogen) atoms. The molecule has 0 aromatic heterocycles. The molecule has 0 unspecified atom stereocenters. The number of amides is 2. The van der Waals surface area contributed by atoms with Gasteiger partial charge in [-0.2, -0.15) is 0 Å². The number of alkyl carbamates (subject to hydrolysis) is 1. The fraction of sp³-hybridized carbons (Fsp3) is 0.727. The van der Waals surface area contributed by atoms with Crippen molar-refractivity contribution in [1.82, 2.24) is 10.3 Å². The topological polar surface area (TPSA) is 193 Å². The van der Waals surface area contributed by atoms with Crippen LogP contribution in [0.25, 0.3) is 0 Å². The molecular weight excluding hydrogens is 614 g/mol. The molecule has 0 bridgehead atoms. The summed E-state index contributed by atoms with van der Waals surface area (Å²) in [6, 6.07) is 0. The highest BCUT2D eigenvalue weighted by Gasteiger charge is 2.30. The van der Waals surface area contributed by atoms with Crippen molar-refractivity contribution in [3.8, 4) is 0 Å². The number of rotatable bonds is 24. The molecule has 4 N–H and O–H groups in total. The number of esters is 2. The van der Waals surface area contributed by atoms with E-state index in [9.17, 15) is 24.0 Å². The fourth-order valence-electron chi connectivity index (χ4n) is 3.11. The molecule has 0 aromatic carbocycles. The van der Waals surface area contributed by atoms with E-state index in [0.717, 1.165) is 49.8 Å². The Morgan fingerprint density at radius 2 is 1.36 bits per heavy atom. The minimum Gasteiger partial charge on any atom is -0.464 e. The monoisotopic (exact) mass is 675 g/mol. The SMILES string of the molecule is C=C(C)C(=O)OCCN(N)C(=O)CCCCCCOC(=O)C(C)(C)OCCCCCCOC(=O)NCCOC.C=C(C)C=O.CCO. The zero-order valence-electron chi connectivity index (χ0n) is 29.6. The number of carbonyl (C=O) groups excluding carboxylic acids is 5. The van der Waals surface area contributed by atoms with E-state index in [1.54, 1.807) is 41.7 Å². The largest absolute Gasteiger partial charge is 0.464 e. The van der Waals surface area contributed by atoms with Crippen molar-refractivity contribution in [2.75, 3.05) is 59.8 Å². The molecule has 0 heterocycles. The van der Waals surface area contributed by atoms with Gasteiger partial charge in [0.15, 0.2) is 5.60 Å². The lowest BCUT2D eigenvalue weighted by Gasteiger charge is -2.23. The molecule has 0 saturated heterocycles. The van der Waals surface area contributed by atoms with Gasteiger partial charge >= 0.3 is 18.0 Å². The summed E-state index contributed by atoms with van der Waals surface area (Å²) in [5, 5.41) is 11.2. The number of aliphatic hydroxyl groups is 1. The molecule has 0 atom stereocenters. The molecular formula is C33H61N3O11. The van der Waals surface area contributed by atoms with Crippen LogP contribution in [0.2, 0.25) is 0 Å². The molecule has 0 saturated carbocycles. The van der Waals surface area contributed by atoms with Gasteiger partial charge in [0, 0.05) is 38.9 Å². The summed E-state index contributed by atoms with van der Waals surface area (Å²) < 4.78 is 25.9. The first-order valence-electron chi connectivity index (χ1n) is 16.0. The molecule has 14 heteroatoms. The van der Waals surface area contributed by atoms with Gasteiger partial charge in [-0.05, 0) is 72.3 Å². The van der Waals surface area contributed by atoms with Crippen molar-refractivity contribution in [2.45, 2.75) is 98.0 Å². The van der Waals surface area contributed by atoms with Crippen LogP contribution in [0.1, 0.15) is 92.4 Å². The fourth-order valence-corrected chi connectivity index (χ4v) is 3.11. The Bertz CT molecular complexity index is 895. The highest BCUT2D eigenvalue weighted by atomic mass is 16.6. The quantitative estimate of drug-likeness (QED) is 0.0196. The van der Waals surface area contributed by atoms with Gasteiger partial charge in [-0.25, -0.2) is 20.2 Å². The van der Waals surface area contributed by atoms with Gasteiger partial charge in [0.25, 0.3) is 0 Å². The number of hydrogen-bond acceptors (Lipinski definition) is 12. The van der Waals surface area contributed by atoms with Crippen molar-refractivity contribution < 1.29 is 52.8 Å². The van der Waals surface area contributed by atoms with E-state index < -0.39 is 23.6 Å². The molecule has 0 rings (SSSR count). The van der Waals surface area contributed by atoms with E-state index in [4.69, 9.17) is 34.6 Å². The van der Waals surface area contributed by atoms with Crippen LogP contribution in [-0.2, 0) is 42.9 Å². The lowest BCUT2D eigenvalue weighted by molar-refractivity contribution is -0.168. The summed E-state index contributed by atoms with van der Waals surface area (Å²) in [4.78, 5) is 56.5. The molecule has 0 aromatic rings. The lowest BCUT2D eigenvalue weighted by atomic mass is 10.1. The maximum absolute atomic E-state index is 12.3. The second-order valence-electron chi connectivity index (χ2n) is 10.9. The van der Waals surface area contributed by atoms with Gasteiger partial charge < -0.3 is 34.1 Å². The van der Waals surface area contributed by atoms with Crippen molar-refractivity contribution in [3.05, 3.63) is 24.3 Å². The average Bonchev–Trinajstić information content (AvgIpc) is 3.02. The minimum atomic E-state index is -1.03. The number of allylic oxidation sites excluding steroid dienone is 1. The Kier molecular flexibility index (Phi) is 33.3. The number of hydrazine groups is 1. The number of methoxy groups -OCH3 is 1. The van der Waals surface area contributed by atoms with Crippen LogP contribution in [0, 0.1) is 0 Å². The summed E-state index contributed by atoms with van der Waals surface area (Å²) in [6.45, 7) is 17.4. The lowest BCUT2D eigenvalue weighted by Crippen LogP contribution is -2.40. The number of aliphatic hydroxyl groups excluding tert-OH is 1. The van der Waals surface area contributed by atoms with Gasteiger partial charge in [-0.15, -0.1) is 0 Å². The molecule has 0 radical (unpaired) electrons. The molecule has 0 aliphatic carbocycles. The van der Waals surface area contributed by atoms with Crippen molar-refractivity contribution in [1.29, 1.82) is 0 Å². The molecule has 0 spiro atoms. The summed E-state index contributed by atoms with van der Waals surface area (Å²) in [7, 11) is 1.56. The smallest absolute Gasteiger partial charge is 0.407 e. The first kappa shape index (κ1) is 48.1. The Morgan fingerprint density at radius 3 is 1.87 bits per heavy atom. The highest BCUT2D eigenvalue weighted by Crippen LogP contribution is 2.14. The van der Waals surface area contributed by atoms with Crippen molar-refractivity contribution in [3.63, 3.8) is 0 Å². The number of nitrogens with zero attached hydrogens (tertiary/aromatic N) is 1. The van der Waals surface area contributed by atoms with E-state index in [1.165, 1.54) is 0 Å². The molecule has 0 aliphatic rings. The standard InChI is InChI=1S/C27H49N3O9.C4H6O.C2H6O/c1-22(2)24(32)36-21-16-30(28)23(31)14-10-6-7-11-17-37-25(33)27(3,4)39-19-13-9-8-12-18-38-26(34)29-15-20-35-5;1-4(2)3-5;1-2-3/h1,6-21,28H2,2-5H3,(H,29,34);3H,1H2,2H3;3H,2H2,1H3. The van der Waals surface area contributed by atoms with Crippen molar-refractivity contribution in [2.24, 2.45) is 5.84 Å². The average molecular weight is 676 g/mol. The predicted octanol–water partition coefficient (Wildman–Crippen LogP) is 3.79. The third-order valence-corrected chi connectivity index (χ3v) is 5.76. The maximum atomic E-state index is 12.3. The Hall–Kier alpha value is -3.33. The van der Waals surface area contributed by atoms with Crippen LogP contribution in [-0.4, -0.2) is 106 Å². The van der Waals surface area contributed by atoms with Gasteiger partial charge in [-0.1, -0.05) is 32.4 Å². The van der Waals surface area contributed by atoms with E-state index in [0.29, 0.717) is 56.8 Å². The van der Waals surface area contributed by atoms with Crippen LogP contribution >= 0.6 is 0 Å². The number of nitrogens with two attached hydrogens (primary N) is 1. The predicted molar refractivity (Wildman–Crippen MR) is 179 cm³/mol. The van der Waals surface area contributed by atoms with Gasteiger partial charge in [0.05, 0.1) is 26.4 Å². The Balaban J connectivity index is -0.00000215. The summed E-state index contributed by atoms with van der Waals surface area (Å²) >= 11 is 0. The van der Waals surface area contributed by atoms with E-state index in [1.807, 2.05) is 0 Å². The number of nitrogens with one attached hydrogen (secondary N) is 1. The van der Waals surface area contributed by atoms with E-state index in [2.05, 4.69) is 18.5 Å². The first-order chi connectivity index (χ1) is 22.2. The number of aldehydes is 1. The van der Waals surface area contributed by atoms with Crippen LogP contribution in [0.15, 0.2) is 24.3 Å². The number of unbranched alkanes of at least 4 members (excludes halogenated alkanes) is 6. The molecule has 2 amide bonds. The normalized spacial score (nSPS) is 10.2. The van der Waals surface area contributed by atoms with E-state index >= 15 is 0 Å². The second kappa shape index (κ2) is 32.6. The summed E-state index contributed by atoms with van der Waals surface area (Å²) in [5.41, 5.74) is -0.163. The summed E-state index contributed by atoms with van der Waals surface area (Å²) in [6.07, 6.45) is 6.85. The second-order valence-corrected chi connectivity index (χ2v) is 10.9. The third-order valence-electron chi connectivity index (χ3n) is 5.76. The van der Waals surface area contributed by atoms with Crippen molar-refractivity contribution >= 4 is 30.2 Å². The molecule has 0 fully saturated rings. The third kappa shape index (κ3) is 33.8. The van der Waals surface area contributed by atoms with Crippen LogP contribution in [0.3, 0.4) is 0 Å². The Labute approximate surface area is 281 Å². The van der Waals surface area contributed by atoms with E-state index in [-0.39, 0.29) is 32.3 Å². The maximum Gasteiger partial charge on any atom is 0.407 e. The minimum absolute atomic E-state index is 0.0202. The zero-order chi connectivity index (χ0) is 36.5. The van der Waals surface area contributed by atoms with Gasteiger partial charge in [0.2, 0.25) is 5.91 Å². The number of ether oxygens (including phenoxy) is 5. The Morgan fingerprint density at radius 1 is 0.851 bits per heavy atom. The van der Waals surface area contributed by atoms with Crippen LogP contribution < -0.4 is 11.2 Å². The van der Waals surface area contributed by atoms with Gasteiger partial charge in [0.1, 0.15) is 12.9 Å². The number of carbonyl (C=O) groups is 5. The summed E-state index contributed by atoms with van der Waals surface area (Å²) in [5.74, 6) is 4.55. The molecule has 274 valence electrons. The molecule has 0 aliphatic heterocycles. The van der Waals surface area contributed by atoms with Crippen LogP contribution in [0.5, 0.6) is 0 Å². The zero-order valence-corrected chi connectivity index (χ0v) is 29.6. The van der Waals surface area contributed by atoms with Crippen LogP contribution in [0.4, 0.5) is 4.79 Å². The van der Waals surface area contributed by atoms with Gasteiger partial charge in [-0.3, -0.25) is 14.6 Å². The highest BCUT2D eigenvalue weighted by molar-refractivity contribution is 5.87. The first-order valence-corrected chi connectivity index (χ1v) is 16.0. The molecule has 14 nitrogen and oxygen atoms in total.